The molecule has 2 aromatic carbocycles. The van der Waals surface area contributed by atoms with Crippen LogP contribution >= 0.6 is 0 Å². The van der Waals surface area contributed by atoms with Crippen molar-refractivity contribution < 1.29 is 14.3 Å². The van der Waals surface area contributed by atoms with E-state index >= 15 is 0 Å². The molecule has 154 valence electrons. The molecule has 1 aliphatic heterocycles. The number of carbonyl (C=O) groups is 2. The van der Waals surface area contributed by atoms with Gasteiger partial charge in [0.05, 0.1) is 12.2 Å². The fourth-order valence-corrected chi connectivity index (χ4v) is 3.72. The summed E-state index contributed by atoms with van der Waals surface area (Å²) in [6.07, 6.45) is 0.968. The van der Waals surface area contributed by atoms with E-state index in [2.05, 4.69) is 34.5 Å². The molecule has 0 aromatic heterocycles. The molecule has 0 radical (unpaired) electrons. The second-order valence-corrected chi connectivity index (χ2v) is 7.18. The van der Waals surface area contributed by atoms with Crippen molar-refractivity contribution in [3.05, 3.63) is 65.7 Å². The van der Waals surface area contributed by atoms with Gasteiger partial charge in [-0.3, -0.25) is 4.90 Å². The fourth-order valence-electron chi connectivity index (χ4n) is 3.72. The van der Waals surface area contributed by atoms with Crippen LogP contribution < -0.4 is 5.32 Å². The molecule has 29 heavy (non-hydrogen) atoms. The number of likely N-dealkylation sites (tertiary alicyclic amines) is 1. The number of nitrogens with zero attached hydrogens (tertiary/aromatic N) is 2. The van der Waals surface area contributed by atoms with Crippen LogP contribution in [0.1, 0.15) is 36.2 Å². The Bertz CT molecular complexity index is 808. The number of amides is 2. The lowest BCUT2D eigenvalue weighted by Crippen LogP contribution is -2.44. The van der Waals surface area contributed by atoms with Crippen LogP contribution in [0.15, 0.2) is 54.6 Å². The SMILES string of the molecule is CCOC(=O)c1ccc(NC(=O)N(CC)C2CCN(Cc3ccccc3)C2)cc1. The number of rotatable bonds is 7. The number of hydrogen-bond donors (Lipinski definition) is 1. The van der Waals surface area contributed by atoms with Crippen molar-refractivity contribution in [2.24, 2.45) is 0 Å². The molecule has 0 saturated carbocycles. The van der Waals surface area contributed by atoms with E-state index < -0.39 is 0 Å². The minimum Gasteiger partial charge on any atom is -0.462 e. The summed E-state index contributed by atoms with van der Waals surface area (Å²) in [5.41, 5.74) is 2.44. The average Bonchev–Trinajstić information content (AvgIpc) is 3.18. The molecule has 0 spiro atoms. The van der Waals surface area contributed by atoms with Crippen LogP contribution in [0.2, 0.25) is 0 Å². The summed E-state index contributed by atoms with van der Waals surface area (Å²) in [4.78, 5) is 28.9. The van der Waals surface area contributed by atoms with E-state index in [-0.39, 0.29) is 18.0 Å². The van der Waals surface area contributed by atoms with Gasteiger partial charge in [-0.25, -0.2) is 9.59 Å². The van der Waals surface area contributed by atoms with E-state index in [0.717, 1.165) is 26.1 Å². The molecular formula is C23H29N3O3. The first kappa shape index (κ1) is 20.9. The number of hydrogen-bond acceptors (Lipinski definition) is 4. The molecule has 1 saturated heterocycles. The van der Waals surface area contributed by atoms with Crippen molar-refractivity contribution in [3.63, 3.8) is 0 Å². The van der Waals surface area contributed by atoms with Gasteiger partial charge in [0, 0.05) is 37.9 Å². The molecule has 1 atom stereocenters. The van der Waals surface area contributed by atoms with Crippen LogP contribution in [0.5, 0.6) is 0 Å². The van der Waals surface area contributed by atoms with Gasteiger partial charge >= 0.3 is 12.0 Å². The maximum absolute atomic E-state index is 12.8. The van der Waals surface area contributed by atoms with Crippen LogP contribution in [0.25, 0.3) is 0 Å². The van der Waals surface area contributed by atoms with Gasteiger partial charge in [0.15, 0.2) is 0 Å². The molecule has 1 heterocycles. The summed E-state index contributed by atoms with van der Waals surface area (Å²) in [6, 6.07) is 17.3. The Morgan fingerprint density at radius 2 is 1.83 bits per heavy atom. The zero-order valence-corrected chi connectivity index (χ0v) is 17.1. The van der Waals surface area contributed by atoms with Crippen LogP contribution in [-0.2, 0) is 11.3 Å². The number of benzene rings is 2. The number of nitrogens with one attached hydrogen (secondary N) is 1. The summed E-state index contributed by atoms with van der Waals surface area (Å²) >= 11 is 0. The third kappa shape index (κ3) is 5.57. The normalized spacial score (nSPS) is 16.4. The molecule has 6 heteroatoms. The van der Waals surface area contributed by atoms with E-state index in [9.17, 15) is 9.59 Å². The summed E-state index contributed by atoms with van der Waals surface area (Å²) < 4.78 is 4.99. The molecular weight excluding hydrogens is 366 g/mol. The van der Waals surface area contributed by atoms with Crippen molar-refractivity contribution in [1.82, 2.24) is 9.80 Å². The highest BCUT2D eigenvalue weighted by Gasteiger charge is 2.29. The number of esters is 1. The van der Waals surface area contributed by atoms with Gasteiger partial charge < -0.3 is 15.0 Å². The summed E-state index contributed by atoms with van der Waals surface area (Å²) in [7, 11) is 0. The number of likely N-dealkylation sites (N-methyl/N-ethyl adjacent to an activating group) is 1. The molecule has 0 aliphatic carbocycles. The zero-order valence-electron chi connectivity index (χ0n) is 17.1. The maximum Gasteiger partial charge on any atom is 0.338 e. The van der Waals surface area contributed by atoms with Gasteiger partial charge in [-0.1, -0.05) is 30.3 Å². The Morgan fingerprint density at radius 1 is 1.10 bits per heavy atom. The van der Waals surface area contributed by atoms with Crippen LogP contribution in [-0.4, -0.2) is 54.1 Å². The van der Waals surface area contributed by atoms with Crippen molar-refractivity contribution in [2.45, 2.75) is 32.9 Å². The molecule has 2 amide bonds. The molecule has 1 aliphatic rings. The third-order valence-electron chi connectivity index (χ3n) is 5.19. The van der Waals surface area contributed by atoms with Gasteiger partial charge in [0.25, 0.3) is 0 Å². The molecule has 3 rings (SSSR count). The number of urea groups is 1. The first-order chi connectivity index (χ1) is 14.1. The number of carbonyl (C=O) groups excluding carboxylic acids is 2. The van der Waals surface area contributed by atoms with Crippen LogP contribution in [0.4, 0.5) is 10.5 Å². The van der Waals surface area contributed by atoms with E-state index in [4.69, 9.17) is 4.74 Å². The predicted octanol–water partition coefficient (Wildman–Crippen LogP) is 3.99. The third-order valence-corrected chi connectivity index (χ3v) is 5.19. The first-order valence-corrected chi connectivity index (χ1v) is 10.2. The van der Waals surface area contributed by atoms with E-state index in [0.29, 0.717) is 24.4 Å². The maximum atomic E-state index is 12.8. The molecule has 1 N–H and O–H groups in total. The zero-order chi connectivity index (χ0) is 20.6. The number of ether oxygens (including phenoxy) is 1. The number of anilines is 1. The second kappa shape index (κ2) is 10.1. The lowest BCUT2D eigenvalue weighted by atomic mass is 10.2. The highest BCUT2D eigenvalue weighted by molar-refractivity contribution is 5.92. The predicted molar refractivity (Wildman–Crippen MR) is 114 cm³/mol. The minimum absolute atomic E-state index is 0.108. The van der Waals surface area contributed by atoms with Crippen molar-refractivity contribution >= 4 is 17.7 Å². The first-order valence-electron chi connectivity index (χ1n) is 10.2. The van der Waals surface area contributed by atoms with Gasteiger partial charge in [-0.15, -0.1) is 0 Å². The second-order valence-electron chi connectivity index (χ2n) is 7.18. The Kier molecular flexibility index (Phi) is 7.25. The Balaban J connectivity index is 1.56. The molecule has 1 unspecified atom stereocenters. The monoisotopic (exact) mass is 395 g/mol. The molecule has 1 fully saturated rings. The minimum atomic E-state index is -0.356. The van der Waals surface area contributed by atoms with E-state index in [1.165, 1.54) is 5.56 Å². The molecule has 0 bridgehead atoms. The fraction of sp³-hybridized carbons (Fsp3) is 0.391. The standard InChI is InChI=1S/C23H29N3O3/c1-3-26(21-14-15-25(17-21)16-18-8-6-5-7-9-18)23(28)24-20-12-10-19(11-13-20)22(27)29-4-2/h5-13,21H,3-4,14-17H2,1-2H3,(H,24,28). The Hall–Kier alpha value is -2.86. The molecule has 6 nitrogen and oxygen atoms in total. The largest absolute Gasteiger partial charge is 0.462 e. The smallest absolute Gasteiger partial charge is 0.338 e. The van der Waals surface area contributed by atoms with E-state index in [1.54, 1.807) is 31.2 Å². The van der Waals surface area contributed by atoms with E-state index in [1.807, 2.05) is 17.9 Å². The summed E-state index contributed by atoms with van der Waals surface area (Å²) in [6.45, 7) is 7.53. The van der Waals surface area contributed by atoms with Crippen LogP contribution in [0.3, 0.4) is 0 Å². The lowest BCUT2D eigenvalue weighted by Gasteiger charge is -2.28. The van der Waals surface area contributed by atoms with Gasteiger partial charge in [0.1, 0.15) is 0 Å². The Labute approximate surface area is 172 Å². The molecule has 2 aromatic rings. The topological polar surface area (TPSA) is 61.9 Å². The van der Waals surface area contributed by atoms with Crippen molar-refractivity contribution in [1.29, 1.82) is 0 Å². The summed E-state index contributed by atoms with van der Waals surface area (Å²) in [5.74, 6) is -0.356. The van der Waals surface area contributed by atoms with Gasteiger partial charge in [-0.2, -0.15) is 0 Å². The Morgan fingerprint density at radius 3 is 2.48 bits per heavy atom. The van der Waals surface area contributed by atoms with Gasteiger partial charge in [-0.05, 0) is 50.1 Å². The van der Waals surface area contributed by atoms with Crippen molar-refractivity contribution in [3.8, 4) is 0 Å². The summed E-state index contributed by atoms with van der Waals surface area (Å²) in [5, 5.41) is 2.95. The quantitative estimate of drug-likeness (QED) is 0.720. The highest BCUT2D eigenvalue weighted by atomic mass is 16.5. The van der Waals surface area contributed by atoms with Crippen molar-refractivity contribution in [2.75, 3.05) is 31.6 Å². The van der Waals surface area contributed by atoms with Crippen LogP contribution in [0, 0.1) is 0 Å². The average molecular weight is 396 g/mol. The lowest BCUT2D eigenvalue weighted by molar-refractivity contribution is 0.0526. The highest BCUT2D eigenvalue weighted by Crippen LogP contribution is 2.20. The van der Waals surface area contributed by atoms with Gasteiger partial charge in [0.2, 0.25) is 0 Å².